The molecule has 1 saturated heterocycles. The zero-order valence-corrected chi connectivity index (χ0v) is 8.71. The van der Waals surface area contributed by atoms with Gasteiger partial charge in [-0.15, -0.1) is 0 Å². The molecule has 1 aromatic rings. The quantitative estimate of drug-likeness (QED) is 0.845. The van der Waals surface area contributed by atoms with Crippen molar-refractivity contribution in [3.05, 3.63) is 34.6 Å². The standard InChI is InChI=1S/C10H11ClFNO2/c11-6-1-2-9(12)8(3-6)10-14-5-7(4-13)15-10/h1-3,7,10H,4-5,13H2. The maximum atomic E-state index is 13.4. The van der Waals surface area contributed by atoms with Gasteiger partial charge in [0.05, 0.1) is 12.7 Å². The molecular formula is C10H11ClFNO2. The largest absolute Gasteiger partial charge is 0.346 e. The van der Waals surface area contributed by atoms with Crippen LogP contribution in [0.15, 0.2) is 18.2 Å². The van der Waals surface area contributed by atoms with E-state index in [-0.39, 0.29) is 11.9 Å². The van der Waals surface area contributed by atoms with Crippen LogP contribution in [0.4, 0.5) is 4.39 Å². The summed E-state index contributed by atoms with van der Waals surface area (Å²) in [7, 11) is 0. The molecule has 0 radical (unpaired) electrons. The zero-order chi connectivity index (χ0) is 10.8. The number of benzene rings is 1. The molecule has 5 heteroatoms. The van der Waals surface area contributed by atoms with Crippen molar-refractivity contribution in [3.63, 3.8) is 0 Å². The lowest BCUT2D eigenvalue weighted by Gasteiger charge is -2.11. The monoisotopic (exact) mass is 231 g/mol. The van der Waals surface area contributed by atoms with E-state index in [1.165, 1.54) is 18.2 Å². The van der Waals surface area contributed by atoms with Gasteiger partial charge in [-0.2, -0.15) is 0 Å². The van der Waals surface area contributed by atoms with E-state index in [0.717, 1.165) is 0 Å². The highest BCUT2D eigenvalue weighted by atomic mass is 35.5. The van der Waals surface area contributed by atoms with Gasteiger partial charge in [-0.1, -0.05) is 11.6 Å². The molecule has 2 N–H and O–H groups in total. The molecular weight excluding hydrogens is 221 g/mol. The molecule has 2 atom stereocenters. The molecule has 0 saturated carbocycles. The van der Waals surface area contributed by atoms with Crippen molar-refractivity contribution >= 4 is 11.6 Å². The fourth-order valence-electron chi connectivity index (χ4n) is 1.43. The highest BCUT2D eigenvalue weighted by Gasteiger charge is 2.28. The van der Waals surface area contributed by atoms with Crippen molar-refractivity contribution < 1.29 is 13.9 Å². The molecule has 1 heterocycles. The predicted octanol–water partition coefficient (Wildman–Crippen LogP) is 1.85. The third kappa shape index (κ3) is 2.29. The van der Waals surface area contributed by atoms with Crippen LogP contribution < -0.4 is 5.73 Å². The van der Waals surface area contributed by atoms with E-state index in [0.29, 0.717) is 23.7 Å². The van der Waals surface area contributed by atoms with Crippen molar-refractivity contribution in [1.29, 1.82) is 0 Å². The highest BCUT2D eigenvalue weighted by Crippen LogP contribution is 2.30. The molecule has 82 valence electrons. The van der Waals surface area contributed by atoms with Crippen LogP contribution in [0.2, 0.25) is 5.02 Å². The lowest BCUT2D eigenvalue weighted by Crippen LogP contribution is -2.21. The first-order chi connectivity index (χ1) is 7.20. The van der Waals surface area contributed by atoms with E-state index < -0.39 is 6.29 Å². The lowest BCUT2D eigenvalue weighted by atomic mass is 10.2. The number of ether oxygens (including phenoxy) is 2. The van der Waals surface area contributed by atoms with E-state index in [2.05, 4.69) is 0 Å². The fourth-order valence-corrected chi connectivity index (χ4v) is 1.61. The van der Waals surface area contributed by atoms with Gasteiger partial charge in [-0.3, -0.25) is 0 Å². The summed E-state index contributed by atoms with van der Waals surface area (Å²) in [5.74, 6) is -0.387. The molecule has 2 unspecified atom stereocenters. The van der Waals surface area contributed by atoms with Crippen LogP contribution in [0.3, 0.4) is 0 Å². The summed E-state index contributed by atoms with van der Waals surface area (Å²) in [6.45, 7) is 0.742. The first kappa shape index (κ1) is 10.8. The van der Waals surface area contributed by atoms with Crippen LogP contribution in [-0.2, 0) is 9.47 Å². The number of halogens is 2. The van der Waals surface area contributed by atoms with Gasteiger partial charge >= 0.3 is 0 Å². The molecule has 0 amide bonds. The molecule has 0 aromatic heterocycles. The van der Waals surface area contributed by atoms with Gasteiger partial charge in [-0.05, 0) is 18.2 Å². The molecule has 15 heavy (non-hydrogen) atoms. The summed E-state index contributed by atoms with van der Waals surface area (Å²) in [5.41, 5.74) is 5.74. The van der Waals surface area contributed by atoms with Crippen LogP contribution in [0, 0.1) is 5.82 Å². The SMILES string of the molecule is NCC1COC(c2cc(Cl)ccc2F)O1. The minimum absolute atomic E-state index is 0.173. The molecule has 0 spiro atoms. The van der Waals surface area contributed by atoms with Gasteiger partial charge in [-0.25, -0.2) is 4.39 Å². The summed E-state index contributed by atoms with van der Waals surface area (Å²) < 4.78 is 24.1. The summed E-state index contributed by atoms with van der Waals surface area (Å²) in [5, 5.41) is 0.454. The van der Waals surface area contributed by atoms with Crippen molar-refractivity contribution in [1.82, 2.24) is 0 Å². The Hall–Kier alpha value is -0.680. The molecule has 3 nitrogen and oxygen atoms in total. The summed E-state index contributed by atoms with van der Waals surface area (Å²) >= 11 is 5.76. The molecule has 1 fully saturated rings. The predicted molar refractivity (Wildman–Crippen MR) is 54.0 cm³/mol. The summed E-state index contributed by atoms with van der Waals surface area (Å²) in [4.78, 5) is 0. The Labute approximate surface area is 91.9 Å². The second kappa shape index (κ2) is 4.45. The van der Waals surface area contributed by atoms with Crippen molar-refractivity contribution in [2.24, 2.45) is 5.73 Å². The third-order valence-corrected chi connectivity index (χ3v) is 2.46. The van der Waals surface area contributed by atoms with Gasteiger partial charge in [0.1, 0.15) is 5.82 Å². The average molecular weight is 232 g/mol. The topological polar surface area (TPSA) is 44.5 Å². The highest BCUT2D eigenvalue weighted by molar-refractivity contribution is 6.30. The maximum Gasteiger partial charge on any atom is 0.187 e. The average Bonchev–Trinajstić information content (AvgIpc) is 2.70. The van der Waals surface area contributed by atoms with Gasteiger partial charge in [0.15, 0.2) is 6.29 Å². The Morgan fingerprint density at radius 2 is 2.33 bits per heavy atom. The summed E-state index contributed by atoms with van der Waals surface area (Å²) in [6.07, 6.45) is -0.870. The minimum atomic E-state index is -0.697. The van der Waals surface area contributed by atoms with Gasteiger partial charge in [0.25, 0.3) is 0 Å². The number of rotatable bonds is 2. The van der Waals surface area contributed by atoms with Crippen LogP contribution in [0.5, 0.6) is 0 Å². The first-order valence-electron chi connectivity index (χ1n) is 4.63. The molecule has 2 rings (SSSR count). The smallest absolute Gasteiger partial charge is 0.187 e. The van der Waals surface area contributed by atoms with E-state index in [1.807, 2.05) is 0 Å². The van der Waals surface area contributed by atoms with Crippen molar-refractivity contribution in [2.75, 3.05) is 13.2 Å². The van der Waals surface area contributed by atoms with Gasteiger partial charge in [0, 0.05) is 17.1 Å². The Kier molecular flexibility index (Phi) is 3.21. The normalized spacial score (nSPS) is 25.8. The molecule has 1 aliphatic heterocycles. The van der Waals surface area contributed by atoms with Crippen molar-refractivity contribution in [2.45, 2.75) is 12.4 Å². The van der Waals surface area contributed by atoms with Crippen molar-refractivity contribution in [3.8, 4) is 0 Å². The van der Waals surface area contributed by atoms with Crippen LogP contribution in [-0.4, -0.2) is 19.3 Å². The van der Waals surface area contributed by atoms with Crippen LogP contribution in [0.25, 0.3) is 0 Å². The molecule has 1 aromatic carbocycles. The fraction of sp³-hybridized carbons (Fsp3) is 0.400. The van der Waals surface area contributed by atoms with E-state index >= 15 is 0 Å². The first-order valence-corrected chi connectivity index (χ1v) is 5.00. The van der Waals surface area contributed by atoms with Gasteiger partial charge < -0.3 is 15.2 Å². The number of nitrogens with two attached hydrogens (primary N) is 1. The molecule has 1 aliphatic rings. The van der Waals surface area contributed by atoms with Crippen LogP contribution in [0.1, 0.15) is 11.9 Å². The number of hydrogen-bond acceptors (Lipinski definition) is 3. The molecule has 0 bridgehead atoms. The Bertz CT molecular complexity index is 361. The zero-order valence-electron chi connectivity index (χ0n) is 7.95. The van der Waals surface area contributed by atoms with E-state index in [4.69, 9.17) is 26.8 Å². The Balaban J connectivity index is 2.19. The summed E-state index contributed by atoms with van der Waals surface area (Å²) in [6, 6.07) is 4.27. The minimum Gasteiger partial charge on any atom is -0.346 e. The Morgan fingerprint density at radius 3 is 3.00 bits per heavy atom. The Morgan fingerprint density at radius 1 is 1.53 bits per heavy atom. The lowest BCUT2D eigenvalue weighted by molar-refractivity contribution is -0.0607. The second-order valence-electron chi connectivity index (χ2n) is 3.32. The second-order valence-corrected chi connectivity index (χ2v) is 3.76. The third-order valence-electron chi connectivity index (χ3n) is 2.22. The van der Waals surface area contributed by atoms with Crippen LogP contribution >= 0.6 is 11.6 Å². The van der Waals surface area contributed by atoms with E-state index in [1.54, 1.807) is 0 Å². The number of hydrogen-bond donors (Lipinski definition) is 1. The maximum absolute atomic E-state index is 13.4. The van der Waals surface area contributed by atoms with E-state index in [9.17, 15) is 4.39 Å². The van der Waals surface area contributed by atoms with Gasteiger partial charge in [0.2, 0.25) is 0 Å². The molecule has 0 aliphatic carbocycles.